The Morgan fingerprint density at radius 2 is 1.57 bits per heavy atom. The van der Waals surface area contributed by atoms with Crippen LogP contribution in [0.5, 0.6) is 11.5 Å². The first kappa shape index (κ1) is 28.4. The van der Waals surface area contributed by atoms with Crippen LogP contribution in [-0.4, -0.2) is 48.1 Å². The number of anilines is 2. The zero-order valence-corrected chi connectivity index (χ0v) is 23.1. The Hall–Kier alpha value is -4.57. The smallest absolute Gasteiger partial charge is 0.294 e. The maximum atomic E-state index is 12.9. The molecule has 0 unspecified atom stereocenters. The highest BCUT2D eigenvalue weighted by Crippen LogP contribution is 2.34. The zero-order chi connectivity index (χ0) is 28.6. The second kappa shape index (κ2) is 13.0. The summed E-state index contributed by atoms with van der Waals surface area (Å²) in [7, 11) is 1.46. The fourth-order valence-electron chi connectivity index (χ4n) is 3.84. The molecule has 206 valence electrons. The molecule has 1 aliphatic heterocycles. The van der Waals surface area contributed by atoms with Gasteiger partial charge in [0.25, 0.3) is 17.1 Å². The van der Waals surface area contributed by atoms with E-state index in [1.807, 2.05) is 30.3 Å². The van der Waals surface area contributed by atoms with Gasteiger partial charge in [0.15, 0.2) is 18.1 Å². The number of methoxy groups -OCH3 is 1. The van der Waals surface area contributed by atoms with Gasteiger partial charge < -0.3 is 20.1 Å². The monoisotopic (exact) mass is 559 g/mol. The first-order valence-corrected chi connectivity index (χ1v) is 13.4. The van der Waals surface area contributed by atoms with Gasteiger partial charge in [-0.05, 0) is 71.3 Å². The topological polar surface area (TPSA) is 114 Å². The molecular weight excluding hydrogens is 530 g/mol. The first-order valence-electron chi connectivity index (χ1n) is 12.5. The number of nitrogens with zero attached hydrogens (tertiary/aromatic N) is 1. The molecule has 4 amide bonds. The predicted molar refractivity (Wildman–Crippen MR) is 155 cm³/mol. The predicted octanol–water partition coefficient (Wildman–Crippen LogP) is 5.51. The maximum Gasteiger partial charge on any atom is 0.294 e. The molecular formula is C30H29N3O6S. The Balaban J connectivity index is 1.36. The number of carbonyl (C=O) groups excluding carboxylic acids is 4. The van der Waals surface area contributed by atoms with Gasteiger partial charge in [-0.25, -0.2) is 0 Å². The van der Waals surface area contributed by atoms with E-state index in [1.165, 1.54) is 7.11 Å². The van der Waals surface area contributed by atoms with Crippen molar-refractivity contribution < 1.29 is 28.7 Å². The molecule has 40 heavy (non-hydrogen) atoms. The minimum absolute atomic E-state index is 0.178. The molecule has 1 saturated heterocycles. The largest absolute Gasteiger partial charge is 0.493 e. The lowest BCUT2D eigenvalue weighted by Gasteiger charge is -2.13. The molecule has 0 spiro atoms. The fraction of sp³-hybridized carbons (Fsp3) is 0.200. The number of ether oxygens (including phenoxy) is 2. The third-order valence-corrected chi connectivity index (χ3v) is 6.85. The highest BCUT2D eigenvalue weighted by atomic mass is 32.2. The standard InChI is InChI=1S/C30H29N3O6S/c1-19(2)21-10-12-23(13-11-21)31-27(34)17-33-29(36)26(40-30(33)37)16-20-9-14-24(25(15-20)38-3)39-18-28(35)32-22-7-5-4-6-8-22/h4-16,19H,17-18H2,1-3H3,(H,31,34)(H,32,35)/b26-16-. The van der Waals surface area contributed by atoms with Crippen molar-refractivity contribution in [3.8, 4) is 11.5 Å². The van der Waals surface area contributed by atoms with Crippen molar-refractivity contribution in [2.75, 3.05) is 30.9 Å². The molecule has 0 bridgehead atoms. The summed E-state index contributed by atoms with van der Waals surface area (Å²) < 4.78 is 11.0. The van der Waals surface area contributed by atoms with Gasteiger partial charge >= 0.3 is 0 Å². The highest BCUT2D eigenvalue weighted by molar-refractivity contribution is 8.18. The van der Waals surface area contributed by atoms with Crippen LogP contribution in [0.25, 0.3) is 6.08 Å². The highest BCUT2D eigenvalue weighted by Gasteiger charge is 2.36. The van der Waals surface area contributed by atoms with Crippen molar-refractivity contribution >= 4 is 52.2 Å². The number of imide groups is 1. The van der Waals surface area contributed by atoms with E-state index in [-0.39, 0.29) is 17.4 Å². The van der Waals surface area contributed by atoms with Crippen molar-refractivity contribution in [3.05, 3.63) is 88.8 Å². The number of para-hydroxylation sites is 1. The van der Waals surface area contributed by atoms with E-state index >= 15 is 0 Å². The van der Waals surface area contributed by atoms with Crippen LogP contribution in [0, 0.1) is 0 Å². The number of hydrogen-bond donors (Lipinski definition) is 2. The minimum atomic E-state index is -0.558. The molecule has 4 rings (SSSR count). The number of hydrogen-bond acceptors (Lipinski definition) is 7. The number of carbonyl (C=O) groups is 4. The van der Waals surface area contributed by atoms with E-state index in [4.69, 9.17) is 9.47 Å². The first-order chi connectivity index (χ1) is 19.2. The summed E-state index contributed by atoms with van der Waals surface area (Å²) >= 11 is 0.756. The number of thioether (sulfide) groups is 1. The van der Waals surface area contributed by atoms with Gasteiger partial charge in [-0.3, -0.25) is 24.1 Å². The lowest BCUT2D eigenvalue weighted by molar-refractivity contribution is -0.127. The summed E-state index contributed by atoms with van der Waals surface area (Å²) in [6.07, 6.45) is 1.54. The van der Waals surface area contributed by atoms with Crippen molar-refractivity contribution in [1.82, 2.24) is 4.90 Å². The van der Waals surface area contributed by atoms with Crippen LogP contribution in [0.3, 0.4) is 0 Å². The quantitative estimate of drug-likeness (QED) is 0.315. The zero-order valence-electron chi connectivity index (χ0n) is 22.3. The minimum Gasteiger partial charge on any atom is -0.493 e. The summed E-state index contributed by atoms with van der Waals surface area (Å²) in [6.45, 7) is 3.53. The summed E-state index contributed by atoms with van der Waals surface area (Å²) in [5.41, 5.74) is 2.96. The van der Waals surface area contributed by atoms with E-state index in [1.54, 1.807) is 48.5 Å². The second-order valence-corrected chi connectivity index (χ2v) is 10.2. The van der Waals surface area contributed by atoms with E-state index in [2.05, 4.69) is 24.5 Å². The van der Waals surface area contributed by atoms with Gasteiger partial charge in [-0.15, -0.1) is 0 Å². The van der Waals surface area contributed by atoms with Crippen LogP contribution in [-0.2, 0) is 14.4 Å². The van der Waals surface area contributed by atoms with Gasteiger partial charge in [-0.2, -0.15) is 0 Å². The van der Waals surface area contributed by atoms with Crippen molar-refractivity contribution in [2.45, 2.75) is 19.8 Å². The molecule has 0 radical (unpaired) electrons. The van der Waals surface area contributed by atoms with Crippen molar-refractivity contribution in [2.24, 2.45) is 0 Å². The number of nitrogens with one attached hydrogen (secondary N) is 2. The molecule has 3 aromatic carbocycles. The molecule has 1 heterocycles. The molecule has 2 N–H and O–H groups in total. The van der Waals surface area contributed by atoms with E-state index < -0.39 is 23.6 Å². The van der Waals surface area contributed by atoms with Gasteiger partial charge in [-0.1, -0.05) is 50.2 Å². The molecule has 0 atom stereocenters. The lowest BCUT2D eigenvalue weighted by Crippen LogP contribution is -2.36. The van der Waals surface area contributed by atoms with Crippen LogP contribution >= 0.6 is 11.8 Å². The number of rotatable bonds is 10. The molecule has 10 heteroatoms. The van der Waals surface area contributed by atoms with Gasteiger partial charge in [0.2, 0.25) is 5.91 Å². The third-order valence-electron chi connectivity index (χ3n) is 5.94. The molecule has 0 saturated carbocycles. The van der Waals surface area contributed by atoms with Crippen LogP contribution < -0.4 is 20.1 Å². The number of benzene rings is 3. The molecule has 1 aliphatic rings. The molecule has 3 aromatic rings. The van der Waals surface area contributed by atoms with E-state index in [9.17, 15) is 19.2 Å². The normalized spacial score (nSPS) is 14.0. The van der Waals surface area contributed by atoms with Crippen LogP contribution in [0.1, 0.15) is 30.9 Å². The summed E-state index contributed by atoms with van der Waals surface area (Å²) in [6, 6.07) is 21.4. The Bertz CT molecular complexity index is 1440. The summed E-state index contributed by atoms with van der Waals surface area (Å²) in [5.74, 6) is -0.306. The molecule has 9 nitrogen and oxygen atoms in total. The average Bonchev–Trinajstić information content (AvgIpc) is 3.20. The van der Waals surface area contributed by atoms with Crippen LogP contribution in [0.15, 0.2) is 77.7 Å². The molecule has 1 fully saturated rings. The fourth-order valence-corrected chi connectivity index (χ4v) is 4.68. The summed E-state index contributed by atoms with van der Waals surface area (Å²) in [4.78, 5) is 51.3. The van der Waals surface area contributed by atoms with Gasteiger partial charge in [0.05, 0.1) is 12.0 Å². The van der Waals surface area contributed by atoms with Crippen molar-refractivity contribution in [1.29, 1.82) is 0 Å². The summed E-state index contributed by atoms with van der Waals surface area (Å²) in [5, 5.41) is 4.93. The Kier molecular flexibility index (Phi) is 9.23. The average molecular weight is 560 g/mol. The van der Waals surface area contributed by atoms with E-state index in [0.717, 1.165) is 22.2 Å². The maximum absolute atomic E-state index is 12.9. The van der Waals surface area contributed by atoms with Gasteiger partial charge in [0, 0.05) is 11.4 Å². The van der Waals surface area contributed by atoms with Gasteiger partial charge in [0.1, 0.15) is 6.54 Å². The molecule has 0 aliphatic carbocycles. The molecule has 0 aromatic heterocycles. The Morgan fingerprint density at radius 3 is 2.25 bits per heavy atom. The van der Waals surface area contributed by atoms with Crippen LogP contribution in [0.2, 0.25) is 0 Å². The Morgan fingerprint density at radius 1 is 0.900 bits per heavy atom. The second-order valence-electron chi connectivity index (χ2n) is 9.21. The third kappa shape index (κ3) is 7.29. The number of amides is 4. The van der Waals surface area contributed by atoms with Crippen molar-refractivity contribution in [3.63, 3.8) is 0 Å². The van der Waals surface area contributed by atoms with E-state index in [0.29, 0.717) is 34.4 Å². The van der Waals surface area contributed by atoms with Crippen LogP contribution in [0.4, 0.5) is 16.2 Å². The Labute approximate surface area is 236 Å². The lowest BCUT2D eigenvalue weighted by atomic mass is 10.0. The SMILES string of the molecule is COc1cc(/C=C2\SC(=O)N(CC(=O)Nc3ccc(C(C)C)cc3)C2=O)ccc1OCC(=O)Nc1ccccc1.